The van der Waals surface area contributed by atoms with Crippen LogP contribution in [-0.4, -0.2) is 42.1 Å². The van der Waals surface area contributed by atoms with E-state index in [2.05, 4.69) is 5.32 Å². The van der Waals surface area contributed by atoms with Crippen molar-refractivity contribution in [3.05, 3.63) is 35.6 Å². The summed E-state index contributed by atoms with van der Waals surface area (Å²) in [5.41, 5.74) is 0.737. The zero-order chi connectivity index (χ0) is 15.4. The average Bonchev–Trinajstić information content (AvgIpc) is 2.81. The molecule has 114 valence electrons. The van der Waals surface area contributed by atoms with Gasteiger partial charge in [-0.3, -0.25) is 4.79 Å². The Hall–Kier alpha value is -2.11. The smallest absolute Gasteiger partial charge is 0.410 e. The van der Waals surface area contributed by atoms with Crippen LogP contribution in [0.2, 0.25) is 0 Å². The Morgan fingerprint density at radius 1 is 1.43 bits per heavy atom. The summed E-state index contributed by atoms with van der Waals surface area (Å²) >= 11 is 0. The highest BCUT2D eigenvalue weighted by Crippen LogP contribution is 2.13. The van der Waals surface area contributed by atoms with Crippen LogP contribution in [0.15, 0.2) is 24.3 Å². The minimum atomic E-state index is -0.345. The third-order valence-electron chi connectivity index (χ3n) is 3.33. The molecule has 1 aromatic carbocycles. The molecule has 6 heteroatoms. The van der Waals surface area contributed by atoms with Gasteiger partial charge in [0.15, 0.2) is 0 Å². The lowest BCUT2D eigenvalue weighted by Gasteiger charge is -2.16. The van der Waals surface area contributed by atoms with Gasteiger partial charge in [0.25, 0.3) is 0 Å². The van der Waals surface area contributed by atoms with E-state index in [1.165, 1.54) is 12.1 Å². The highest BCUT2D eigenvalue weighted by Gasteiger charge is 2.32. The molecule has 1 N–H and O–H groups in total. The Balaban J connectivity index is 1.77. The fourth-order valence-electron chi connectivity index (χ4n) is 2.15. The summed E-state index contributed by atoms with van der Waals surface area (Å²) in [6.07, 6.45) is -0.491. The summed E-state index contributed by atoms with van der Waals surface area (Å²) in [5.74, 6) is -0.508. The summed E-state index contributed by atoms with van der Waals surface area (Å²) in [7, 11) is 0. The lowest BCUT2D eigenvalue weighted by atomic mass is 10.1. The maximum atomic E-state index is 12.8. The number of carbonyl (C=O) groups excluding carboxylic acids is 2. The molecule has 0 spiro atoms. The second kappa shape index (κ2) is 6.56. The number of amides is 2. The maximum absolute atomic E-state index is 12.8. The molecule has 2 amide bonds. The molecule has 5 nitrogen and oxygen atoms in total. The first-order valence-corrected chi connectivity index (χ1v) is 6.94. The van der Waals surface area contributed by atoms with Gasteiger partial charge in [0.2, 0.25) is 5.91 Å². The Labute approximate surface area is 123 Å². The number of nitrogens with zero attached hydrogens (tertiary/aromatic N) is 1. The molecular weight excluding hydrogens is 275 g/mol. The third kappa shape index (κ3) is 4.18. The first-order chi connectivity index (χ1) is 9.95. The molecule has 1 aromatic rings. The number of halogens is 1. The van der Waals surface area contributed by atoms with E-state index in [0.29, 0.717) is 6.54 Å². The first-order valence-electron chi connectivity index (χ1n) is 6.94. The summed E-state index contributed by atoms with van der Waals surface area (Å²) in [5, 5.41) is 2.73. The fourth-order valence-corrected chi connectivity index (χ4v) is 2.15. The van der Waals surface area contributed by atoms with Crippen LogP contribution < -0.4 is 5.32 Å². The van der Waals surface area contributed by atoms with Gasteiger partial charge in [-0.1, -0.05) is 12.1 Å². The van der Waals surface area contributed by atoms with Crippen LogP contribution in [0.25, 0.3) is 0 Å². The molecule has 21 heavy (non-hydrogen) atoms. The quantitative estimate of drug-likeness (QED) is 0.899. The minimum absolute atomic E-state index is 0.0809. The van der Waals surface area contributed by atoms with E-state index >= 15 is 0 Å². The van der Waals surface area contributed by atoms with Crippen LogP contribution in [0.4, 0.5) is 9.18 Å². The van der Waals surface area contributed by atoms with Crippen LogP contribution in [0.5, 0.6) is 0 Å². The van der Waals surface area contributed by atoms with Gasteiger partial charge in [0.1, 0.15) is 11.9 Å². The van der Waals surface area contributed by atoms with Gasteiger partial charge in [-0.05, 0) is 31.5 Å². The number of nitrogens with one attached hydrogen (secondary N) is 1. The van der Waals surface area contributed by atoms with E-state index in [4.69, 9.17) is 4.74 Å². The molecule has 1 atom stereocenters. The minimum Gasteiger partial charge on any atom is -0.442 e. The van der Waals surface area contributed by atoms with Crippen LogP contribution in [-0.2, 0) is 16.0 Å². The van der Waals surface area contributed by atoms with Crippen LogP contribution in [0.1, 0.15) is 19.4 Å². The number of hydrogen-bond acceptors (Lipinski definition) is 3. The van der Waals surface area contributed by atoms with E-state index in [0.717, 1.165) is 5.56 Å². The molecule has 1 fully saturated rings. The molecule has 1 aliphatic heterocycles. The van der Waals surface area contributed by atoms with E-state index < -0.39 is 0 Å². The van der Waals surface area contributed by atoms with Crippen molar-refractivity contribution < 1.29 is 18.7 Å². The van der Waals surface area contributed by atoms with Gasteiger partial charge < -0.3 is 15.0 Å². The average molecular weight is 294 g/mol. The van der Waals surface area contributed by atoms with E-state index in [9.17, 15) is 14.0 Å². The van der Waals surface area contributed by atoms with Crippen molar-refractivity contribution in [2.24, 2.45) is 0 Å². The largest absolute Gasteiger partial charge is 0.442 e. The van der Waals surface area contributed by atoms with Crippen molar-refractivity contribution in [3.8, 4) is 0 Å². The second-order valence-corrected chi connectivity index (χ2v) is 5.36. The van der Waals surface area contributed by atoms with Crippen molar-refractivity contribution in [1.29, 1.82) is 0 Å². The Kier molecular flexibility index (Phi) is 4.77. The summed E-state index contributed by atoms with van der Waals surface area (Å²) in [6.45, 7) is 4.59. The highest BCUT2D eigenvalue weighted by atomic mass is 19.1. The lowest BCUT2D eigenvalue weighted by Crippen LogP contribution is -2.36. The van der Waals surface area contributed by atoms with E-state index in [-0.39, 0.29) is 42.9 Å². The van der Waals surface area contributed by atoms with Gasteiger partial charge in [-0.15, -0.1) is 0 Å². The summed E-state index contributed by atoms with van der Waals surface area (Å²) < 4.78 is 17.9. The number of benzene rings is 1. The van der Waals surface area contributed by atoms with E-state index in [1.807, 2.05) is 13.8 Å². The van der Waals surface area contributed by atoms with Gasteiger partial charge in [-0.25, -0.2) is 9.18 Å². The number of rotatable bonds is 5. The molecule has 0 saturated carbocycles. The molecule has 0 radical (unpaired) electrons. The van der Waals surface area contributed by atoms with Gasteiger partial charge in [0, 0.05) is 6.04 Å². The summed E-state index contributed by atoms with van der Waals surface area (Å²) in [4.78, 5) is 25.0. The topological polar surface area (TPSA) is 58.6 Å². The van der Waals surface area contributed by atoms with Crippen LogP contribution in [0, 0.1) is 5.82 Å². The number of carbonyl (C=O) groups is 2. The molecule has 0 bridgehead atoms. The van der Waals surface area contributed by atoms with Gasteiger partial charge in [-0.2, -0.15) is 0 Å². The highest BCUT2D eigenvalue weighted by molar-refractivity contribution is 5.78. The molecule has 1 saturated heterocycles. The molecule has 1 unspecified atom stereocenters. The molecule has 1 heterocycles. The first kappa shape index (κ1) is 15.3. The van der Waals surface area contributed by atoms with Crippen molar-refractivity contribution >= 4 is 12.0 Å². The molecule has 0 aromatic heterocycles. The van der Waals surface area contributed by atoms with Crippen LogP contribution >= 0.6 is 0 Å². The fraction of sp³-hybridized carbons (Fsp3) is 0.467. The van der Waals surface area contributed by atoms with Gasteiger partial charge in [0.05, 0.1) is 19.5 Å². The Morgan fingerprint density at radius 3 is 2.67 bits per heavy atom. The SMILES string of the molecule is CC(C)N1CC(CNC(=O)Cc2ccc(F)cc2)OC1=O. The molecular formula is C15H19FN2O3. The molecule has 1 aliphatic rings. The summed E-state index contributed by atoms with van der Waals surface area (Å²) in [6, 6.07) is 5.87. The Morgan fingerprint density at radius 2 is 2.10 bits per heavy atom. The standard InChI is InChI=1S/C15H19FN2O3/c1-10(2)18-9-13(21-15(18)20)8-17-14(19)7-11-3-5-12(16)6-4-11/h3-6,10,13H,7-9H2,1-2H3,(H,17,19). The molecule has 2 rings (SSSR count). The van der Waals surface area contributed by atoms with E-state index in [1.54, 1.807) is 17.0 Å². The van der Waals surface area contributed by atoms with Crippen molar-refractivity contribution in [3.63, 3.8) is 0 Å². The Bertz CT molecular complexity index is 516. The van der Waals surface area contributed by atoms with Crippen molar-refractivity contribution in [1.82, 2.24) is 10.2 Å². The zero-order valence-corrected chi connectivity index (χ0v) is 12.1. The van der Waals surface area contributed by atoms with Crippen molar-refractivity contribution in [2.75, 3.05) is 13.1 Å². The van der Waals surface area contributed by atoms with Gasteiger partial charge >= 0.3 is 6.09 Å². The number of hydrogen-bond donors (Lipinski definition) is 1. The molecule has 0 aliphatic carbocycles. The second-order valence-electron chi connectivity index (χ2n) is 5.36. The van der Waals surface area contributed by atoms with Crippen LogP contribution in [0.3, 0.4) is 0 Å². The lowest BCUT2D eigenvalue weighted by molar-refractivity contribution is -0.120. The van der Waals surface area contributed by atoms with Crippen molar-refractivity contribution in [2.45, 2.75) is 32.4 Å². The number of ether oxygens (including phenoxy) is 1. The predicted molar refractivity (Wildman–Crippen MR) is 75.2 cm³/mol. The maximum Gasteiger partial charge on any atom is 0.410 e. The third-order valence-corrected chi connectivity index (χ3v) is 3.33. The monoisotopic (exact) mass is 294 g/mol. The zero-order valence-electron chi connectivity index (χ0n) is 12.1. The normalized spacial score (nSPS) is 18.0. The number of cyclic esters (lactones) is 1. The predicted octanol–water partition coefficient (Wildman–Crippen LogP) is 1.71.